The number of carbonyl (C=O) groups excluding carboxylic acids is 1. The fraction of sp³-hybridized carbons (Fsp3) is 0. The van der Waals surface area contributed by atoms with Crippen molar-refractivity contribution in [3.8, 4) is 0 Å². The molecule has 1 aromatic rings. The fourth-order valence-corrected chi connectivity index (χ4v) is 0.702. The van der Waals surface area contributed by atoms with Crippen molar-refractivity contribution in [2.75, 3.05) is 0 Å². The number of halogens is 2. The number of Topliss-reactive ketones (excluding diaryl/α,β-unsaturated/α-hetero) is 1. The number of hydrogen-bond acceptors (Lipinski definition) is 3. The molecule has 0 radical (unpaired) electrons. The molecule has 68 valence electrons. The molecule has 0 aliphatic heterocycles. The van der Waals surface area contributed by atoms with E-state index in [0.29, 0.717) is 12.3 Å². The van der Waals surface area contributed by atoms with E-state index in [-0.39, 0.29) is 0 Å². The van der Waals surface area contributed by atoms with Crippen LogP contribution in [0.25, 0.3) is 0 Å². The van der Waals surface area contributed by atoms with Crippen molar-refractivity contribution in [1.29, 1.82) is 0 Å². The molecule has 0 bridgehead atoms. The number of hydrogen-bond donors (Lipinski definition) is 1. The molecule has 4 nitrogen and oxygen atoms in total. The maximum Gasteiger partial charge on any atom is 0.377 e. The largest absolute Gasteiger partial charge is 0.475 e. The molecule has 0 spiro atoms. The van der Waals surface area contributed by atoms with Crippen LogP contribution in [0.4, 0.5) is 8.78 Å². The van der Waals surface area contributed by atoms with Crippen molar-refractivity contribution in [2.45, 2.75) is 0 Å². The molecule has 0 fully saturated rings. The van der Waals surface area contributed by atoms with Gasteiger partial charge in [0.05, 0.1) is 11.8 Å². The molecular formula is C7H3F2NO3. The molecular weight excluding hydrogens is 184 g/mol. The van der Waals surface area contributed by atoms with Crippen LogP contribution in [-0.4, -0.2) is 21.8 Å². The number of nitrogens with zero attached hydrogens (tertiary/aromatic N) is 1. The van der Waals surface area contributed by atoms with Crippen molar-refractivity contribution in [2.24, 2.45) is 0 Å². The van der Waals surface area contributed by atoms with Gasteiger partial charge in [0.25, 0.3) is 5.78 Å². The van der Waals surface area contributed by atoms with E-state index in [1.807, 2.05) is 0 Å². The number of carbonyl (C=O) groups is 2. The molecule has 0 amide bonds. The summed E-state index contributed by atoms with van der Waals surface area (Å²) in [6.45, 7) is 0. The van der Waals surface area contributed by atoms with E-state index in [4.69, 9.17) is 5.11 Å². The summed E-state index contributed by atoms with van der Waals surface area (Å²) in [6, 6.07) is 0.436. The quantitative estimate of drug-likeness (QED) is 0.418. The predicted octanol–water partition coefficient (Wildman–Crippen LogP) is 0.627. The average Bonchev–Trinajstić information content (AvgIpc) is 2.08. The lowest BCUT2D eigenvalue weighted by atomic mass is 10.2. The van der Waals surface area contributed by atoms with Gasteiger partial charge in [-0.1, -0.05) is 0 Å². The molecule has 0 unspecified atom stereocenters. The van der Waals surface area contributed by atoms with Crippen molar-refractivity contribution in [3.63, 3.8) is 0 Å². The summed E-state index contributed by atoms with van der Waals surface area (Å²) < 4.78 is 25.0. The number of carboxylic acids is 1. The average molecular weight is 187 g/mol. The Morgan fingerprint density at radius 1 is 1.38 bits per heavy atom. The molecule has 0 aromatic carbocycles. The lowest BCUT2D eigenvalue weighted by Crippen LogP contribution is -2.15. The van der Waals surface area contributed by atoms with Gasteiger partial charge in [0, 0.05) is 6.07 Å². The zero-order valence-electron chi connectivity index (χ0n) is 6.12. The van der Waals surface area contributed by atoms with Gasteiger partial charge >= 0.3 is 5.97 Å². The molecule has 6 heteroatoms. The number of carboxylic acid groups (broad SMARTS) is 1. The summed E-state index contributed by atoms with van der Waals surface area (Å²) in [7, 11) is 0. The summed E-state index contributed by atoms with van der Waals surface area (Å²) in [6.07, 6.45) is 0.450. The van der Waals surface area contributed by atoms with Crippen LogP contribution >= 0.6 is 0 Å². The highest BCUT2D eigenvalue weighted by molar-refractivity contribution is 6.39. The zero-order valence-corrected chi connectivity index (χ0v) is 6.12. The first-order valence-corrected chi connectivity index (χ1v) is 3.11. The summed E-state index contributed by atoms with van der Waals surface area (Å²) in [4.78, 5) is 23.7. The monoisotopic (exact) mass is 187 g/mol. The van der Waals surface area contributed by atoms with Crippen molar-refractivity contribution in [3.05, 3.63) is 29.6 Å². The maximum absolute atomic E-state index is 12.7. The van der Waals surface area contributed by atoms with Crippen LogP contribution in [0, 0.1) is 11.8 Å². The number of rotatable bonds is 2. The van der Waals surface area contributed by atoms with Crippen molar-refractivity contribution < 1.29 is 23.5 Å². The minimum atomic E-state index is -1.84. The van der Waals surface area contributed by atoms with Crippen molar-refractivity contribution >= 4 is 11.8 Å². The molecule has 0 saturated carbocycles. The maximum atomic E-state index is 12.7. The number of aromatic nitrogens is 1. The van der Waals surface area contributed by atoms with E-state index in [1.54, 1.807) is 0 Å². The highest BCUT2D eigenvalue weighted by Gasteiger charge is 2.19. The molecule has 1 heterocycles. The molecule has 13 heavy (non-hydrogen) atoms. The minimum absolute atomic E-state index is 0.436. The van der Waals surface area contributed by atoms with E-state index >= 15 is 0 Å². The van der Waals surface area contributed by atoms with E-state index in [1.165, 1.54) is 0 Å². The van der Waals surface area contributed by atoms with E-state index < -0.39 is 29.1 Å². The van der Waals surface area contributed by atoms with Crippen LogP contribution in [0.2, 0.25) is 0 Å². The third-order valence-electron chi connectivity index (χ3n) is 1.26. The summed E-state index contributed by atoms with van der Waals surface area (Å²) in [5.74, 6) is -5.61. The molecule has 0 atom stereocenters. The van der Waals surface area contributed by atoms with Crippen LogP contribution in [0.3, 0.4) is 0 Å². The summed E-state index contributed by atoms with van der Waals surface area (Å²) >= 11 is 0. The zero-order chi connectivity index (χ0) is 10.0. The highest BCUT2D eigenvalue weighted by Crippen LogP contribution is 2.07. The van der Waals surface area contributed by atoms with Gasteiger partial charge in [0.1, 0.15) is 0 Å². The third kappa shape index (κ3) is 1.84. The Morgan fingerprint density at radius 3 is 2.54 bits per heavy atom. The van der Waals surface area contributed by atoms with Gasteiger partial charge in [-0.15, -0.1) is 0 Å². The Morgan fingerprint density at radius 2 is 2.00 bits per heavy atom. The van der Waals surface area contributed by atoms with Gasteiger partial charge < -0.3 is 5.11 Å². The minimum Gasteiger partial charge on any atom is -0.475 e. The summed E-state index contributed by atoms with van der Waals surface area (Å²) in [5, 5.41) is 8.19. The highest BCUT2D eigenvalue weighted by atomic mass is 19.1. The molecule has 1 N–H and O–H groups in total. The van der Waals surface area contributed by atoms with Gasteiger partial charge in [0.15, 0.2) is 5.82 Å². The van der Waals surface area contributed by atoms with E-state index in [9.17, 15) is 18.4 Å². The first kappa shape index (κ1) is 9.24. The lowest BCUT2D eigenvalue weighted by molar-refractivity contribution is -0.131. The second-order valence-electron chi connectivity index (χ2n) is 2.12. The Hall–Kier alpha value is -1.85. The summed E-state index contributed by atoms with van der Waals surface area (Å²) in [5.41, 5.74) is -0.833. The number of pyridine rings is 1. The van der Waals surface area contributed by atoms with Gasteiger partial charge in [-0.3, -0.25) is 4.79 Å². The molecule has 0 aliphatic carbocycles. The van der Waals surface area contributed by atoms with E-state index in [0.717, 1.165) is 0 Å². The Bertz CT molecular complexity index is 378. The van der Waals surface area contributed by atoms with Crippen LogP contribution < -0.4 is 0 Å². The normalized spacial score (nSPS) is 9.69. The van der Waals surface area contributed by atoms with Crippen LogP contribution in [0.15, 0.2) is 12.3 Å². The van der Waals surface area contributed by atoms with Crippen LogP contribution in [-0.2, 0) is 4.79 Å². The van der Waals surface area contributed by atoms with Crippen LogP contribution in [0.5, 0.6) is 0 Å². The van der Waals surface area contributed by atoms with Gasteiger partial charge in [-0.2, -0.15) is 4.39 Å². The Balaban J connectivity index is 3.21. The van der Waals surface area contributed by atoms with Gasteiger partial charge in [-0.05, 0) is 0 Å². The SMILES string of the molecule is O=C(O)C(=O)c1cc(F)ncc1F. The predicted molar refractivity (Wildman–Crippen MR) is 36.1 cm³/mol. The molecule has 0 aliphatic rings. The van der Waals surface area contributed by atoms with Crippen LogP contribution in [0.1, 0.15) is 10.4 Å². The van der Waals surface area contributed by atoms with Gasteiger partial charge in [-0.25, -0.2) is 14.2 Å². The topological polar surface area (TPSA) is 67.3 Å². The molecule has 1 rings (SSSR count). The smallest absolute Gasteiger partial charge is 0.377 e. The second-order valence-corrected chi connectivity index (χ2v) is 2.12. The Kier molecular flexibility index (Phi) is 2.32. The molecule has 1 aromatic heterocycles. The number of ketones is 1. The first-order valence-electron chi connectivity index (χ1n) is 3.11. The third-order valence-corrected chi connectivity index (χ3v) is 1.26. The fourth-order valence-electron chi connectivity index (χ4n) is 0.702. The Labute approximate surface area is 70.8 Å². The van der Waals surface area contributed by atoms with Gasteiger partial charge in [0.2, 0.25) is 5.95 Å². The van der Waals surface area contributed by atoms with Crippen molar-refractivity contribution in [1.82, 2.24) is 4.98 Å². The standard InChI is InChI=1S/C7H3F2NO3/c8-4-2-10-5(9)1-3(4)6(11)7(12)13/h1-2H,(H,12,13). The van der Waals surface area contributed by atoms with E-state index in [2.05, 4.69) is 4.98 Å². The number of aliphatic carboxylic acids is 1. The second kappa shape index (κ2) is 3.26. The molecule has 0 saturated heterocycles. The first-order chi connectivity index (χ1) is 6.02. The lowest BCUT2D eigenvalue weighted by Gasteiger charge is -1.96.